The molecule has 1 saturated carbocycles. The van der Waals surface area contributed by atoms with Crippen molar-refractivity contribution in [3.8, 4) is 17.0 Å². The molecule has 1 aromatic carbocycles. The topological polar surface area (TPSA) is 51.1 Å². The molecular weight excluding hydrogens is 384 g/mol. The first kappa shape index (κ1) is 21.3. The number of pyridine rings is 1. The van der Waals surface area contributed by atoms with E-state index >= 15 is 0 Å². The van der Waals surface area contributed by atoms with Crippen molar-refractivity contribution in [2.75, 3.05) is 25.1 Å². The van der Waals surface area contributed by atoms with Crippen molar-refractivity contribution in [1.82, 2.24) is 15.0 Å². The lowest BCUT2D eigenvalue weighted by molar-refractivity contribution is 0.249. The van der Waals surface area contributed by atoms with E-state index in [9.17, 15) is 0 Å². The molecule has 1 aliphatic carbocycles. The van der Waals surface area contributed by atoms with Crippen molar-refractivity contribution in [2.45, 2.75) is 45.4 Å². The molecule has 0 spiro atoms. The van der Waals surface area contributed by atoms with Crippen LogP contribution in [0, 0.1) is 12.8 Å². The van der Waals surface area contributed by atoms with Gasteiger partial charge in [-0.3, -0.25) is 4.98 Å². The smallest absolute Gasteiger partial charge is 0.132 e. The van der Waals surface area contributed by atoms with Crippen LogP contribution >= 0.6 is 0 Å². The molecule has 2 heterocycles. The first-order valence-electron chi connectivity index (χ1n) is 11.3. The van der Waals surface area contributed by atoms with Crippen LogP contribution in [0.4, 0.5) is 5.82 Å². The fourth-order valence-electron chi connectivity index (χ4n) is 4.34. The summed E-state index contributed by atoms with van der Waals surface area (Å²) in [6.07, 6.45) is 8.78. The summed E-state index contributed by atoms with van der Waals surface area (Å²) in [5.74, 6) is 2.94. The molecule has 0 amide bonds. The summed E-state index contributed by atoms with van der Waals surface area (Å²) in [6.45, 7) is 5.91. The van der Waals surface area contributed by atoms with Gasteiger partial charge in [-0.25, -0.2) is 9.97 Å². The Labute approximate surface area is 185 Å². The van der Waals surface area contributed by atoms with Crippen molar-refractivity contribution < 1.29 is 4.74 Å². The standard InChI is InChI=1S/C26H32N4O/c1-19(23-10-6-7-11-25(23)31-17-21-8-4-5-9-21)16-30(3)26-14-24(28-18-29-26)22-13-12-20(2)27-15-22/h6-7,10-15,18-19,21H,4-5,8-9,16-17H2,1-3H3. The Morgan fingerprint density at radius 2 is 1.87 bits per heavy atom. The van der Waals surface area contributed by atoms with Crippen LogP contribution in [0.15, 0.2) is 55.0 Å². The van der Waals surface area contributed by atoms with Crippen molar-refractivity contribution >= 4 is 5.82 Å². The van der Waals surface area contributed by atoms with Gasteiger partial charge >= 0.3 is 0 Å². The zero-order chi connectivity index (χ0) is 21.6. The number of hydrogen-bond donors (Lipinski definition) is 0. The summed E-state index contributed by atoms with van der Waals surface area (Å²) in [6, 6.07) is 14.5. The van der Waals surface area contributed by atoms with Gasteiger partial charge in [-0.05, 0) is 49.4 Å². The lowest BCUT2D eigenvalue weighted by Crippen LogP contribution is -2.24. The van der Waals surface area contributed by atoms with Gasteiger partial charge in [0.25, 0.3) is 0 Å². The third-order valence-corrected chi connectivity index (χ3v) is 6.20. The van der Waals surface area contributed by atoms with E-state index in [1.165, 1.54) is 31.2 Å². The Hall–Kier alpha value is -2.95. The summed E-state index contributed by atoms with van der Waals surface area (Å²) < 4.78 is 6.26. The second kappa shape index (κ2) is 9.90. The van der Waals surface area contributed by atoms with Gasteiger partial charge in [0.15, 0.2) is 0 Å². The van der Waals surface area contributed by atoms with Crippen LogP contribution in [-0.2, 0) is 0 Å². The van der Waals surface area contributed by atoms with E-state index in [-0.39, 0.29) is 0 Å². The molecule has 5 nitrogen and oxygen atoms in total. The second-order valence-corrected chi connectivity index (χ2v) is 8.73. The van der Waals surface area contributed by atoms with Crippen molar-refractivity contribution in [3.63, 3.8) is 0 Å². The molecule has 1 fully saturated rings. The quantitative estimate of drug-likeness (QED) is 0.474. The third kappa shape index (κ3) is 5.40. The average molecular weight is 417 g/mol. The Balaban J connectivity index is 1.44. The van der Waals surface area contributed by atoms with Crippen LogP contribution in [0.3, 0.4) is 0 Å². The molecule has 0 N–H and O–H groups in total. The number of ether oxygens (including phenoxy) is 1. The minimum atomic E-state index is 0.309. The Morgan fingerprint density at radius 1 is 1.06 bits per heavy atom. The highest BCUT2D eigenvalue weighted by molar-refractivity contribution is 5.61. The molecule has 2 aromatic heterocycles. The summed E-state index contributed by atoms with van der Waals surface area (Å²) in [5.41, 5.74) is 4.14. The second-order valence-electron chi connectivity index (χ2n) is 8.73. The first-order chi connectivity index (χ1) is 15.1. The van der Waals surface area contributed by atoms with Gasteiger partial charge in [-0.2, -0.15) is 0 Å². The number of likely N-dealkylation sites (N-methyl/N-ethyl adjacent to an activating group) is 1. The van der Waals surface area contributed by atoms with Crippen LogP contribution in [0.1, 0.15) is 49.8 Å². The molecule has 0 radical (unpaired) electrons. The number of aromatic nitrogens is 3. The average Bonchev–Trinajstić information content (AvgIpc) is 3.32. The van der Waals surface area contributed by atoms with Gasteiger partial charge in [0.2, 0.25) is 0 Å². The molecule has 0 saturated heterocycles. The van der Waals surface area contributed by atoms with Gasteiger partial charge in [-0.15, -0.1) is 0 Å². The largest absolute Gasteiger partial charge is 0.493 e. The van der Waals surface area contributed by atoms with Gasteiger partial charge in [0, 0.05) is 43.0 Å². The van der Waals surface area contributed by atoms with Crippen LogP contribution in [0.5, 0.6) is 5.75 Å². The zero-order valence-electron chi connectivity index (χ0n) is 18.8. The highest BCUT2D eigenvalue weighted by Gasteiger charge is 2.19. The predicted octanol–water partition coefficient (Wildman–Crippen LogP) is 5.66. The first-order valence-corrected chi connectivity index (χ1v) is 11.3. The maximum atomic E-state index is 6.26. The molecule has 0 aliphatic heterocycles. The van der Waals surface area contributed by atoms with E-state index in [1.54, 1.807) is 6.33 Å². The van der Waals surface area contributed by atoms with Crippen molar-refractivity contribution in [3.05, 3.63) is 66.2 Å². The molecule has 4 rings (SSSR count). The van der Waals surface area contributed by atoms with Gasteiger partial charge in [0.05, 0.1) is 12.3 Å². The SMILES string of the molecule is Cc1ccc(-c2cc(N(C)CC(C)c3ccccc3OCC3CCCC3)ncn2)cn1. The molecule has 162 valence electrons. The molecule has 1 aliphatic rings. The molecule has 1 atom stereocenters. The monoisotopic (exact) mass is 416 g/mol. The molecular formula is C26H32N4O. The summed E-state index contributed by atoms with van der Waals surface area (Å²) in [7, 11) is 2.08. The van der Waals surface area contributed by atoms with Crippen LogP contribution < -0.4 is 9.64 Å². The normalized spacial score (nSPS) is 15.1. The molecule has 3 aromatic rings. The number of rotatable bonds is 8. The number of para-hydroxylation sites is 1. The molecule has 31 heavy (non-hydrogen) atoms. The van der Waals surface area contributed by atoms with Gasteiger partial charge in [0.1, 0.15) is 17.9 Å². The number of nitrogens with zero attached hydrogens (tertiary/aromatic N) is 4. The van der Waals surface area contributed by atoms with E-state index < -0.39 is 0 Å². The molecule has 1 unspecified atom stereocenters. The number of anilines is 1. The van der Waals surface area contributed by atoms with E-state index in [4.69, 9.17) is 4.74 Å². The molecule has 0 bridgehead atoms. The number of hydrogen-bond acceptors (Lipinski definition) is 5. The van der Waals surface area contributed by atoms with Gasteiger partial charge < -0.3 is 9.64 Å². The Morgan fingerprint density at radius 3 is 2.65 bits per heavy atom. The van der Waals surface area contributed by atoms with E-state index in [1.807, 2.05) is 25.3 Å². The van der Waals surface area contributed by atoms with Crippen LogP contribution in [0.2, 0.25) is 0 Å². The van der Waals surface area contributed by atoms with Crippen LogP contribution in [0.25, 0.3) is 11.3 Å². The number of benzene rings is 1. The third-order valence-electron chi connectivity index (χ3n) is 6.20. The van der Waals surface area contributed by atoms with E-state index in [0.29, 0.717) is 11.8 Å². The fraction of sp³-hybridized carbons (Fsp3) is 0.423. The zero-order valence-corrected chi connectivity index (χ0v) is 18.8. The molecule has 5 heteroatoms. The highest BCUT2D eigenvalue weighted by Crippen LogP contribution is 2.31. The minimum absolute atomic E-state index is 0.309. The van der Waals surface area contributed by atoms with E-state index in [0.717, 1.165) is 41.7 Å². The Bertz CT molecular complexity index is 983. The maximum Gasteiger partial charge on any atom is 0.132 e. The maximum absolute atomic E-state index is 6.26. The summed E-state index contributed by atoms with van der Waals surface area (Å²) >= 11 is 0. The fourth-order valence-corrected chi connectivity index (χ4v) is 4.34. The predicted molar refractivity (Wildman–Crippen MR) is 126 cm³/mol. The summed E-state index contributed by atoms with van der Waals surface area (Å²) in [5, 5.41) is 0. The summed E-state index contributed by atoms with van der Waals surface area (Å²) in [4.78, 5) is 15.5. The number of aryl methyl sites for hydroxylation is 1. The lowest BCUT2D eigenvalue weighted by atomic mass is 9.99. The van der Waals surface area contributed by atoms with Crippen molar-refractivity contribution in [1.29, 1.82) is 0 Å². The van der Waals surface area contributed by atoms with Crippen LogP contribution in [-0.4, -0.2) is 35.2 Å². The Kier molecular flexibility index (Phi) is 6.80. The van der Waals surface area contributed by atoms with E-state index in [2.05, 4.69) is 64.2 Å². The lowest BCUT2D eigenvalue weighted by Gasteiger charge is -2.25. The van der Waals surface area contributed by atoms with Crippen molar-refractivity contribution in [2.24, 2.45) is 5.92 Å². The van der Waals surface area contributed by atoms with Gasteiger partial charge in [-0.1, -0.05) is 38.0 Å². The highest BCUT2D eigenvalue weighted by atomic mass is 16.5. The minimum Gasteiger partial charge on any atom is -0.493 e.